The van der Waals surface area contributed by atoms with Crippen LogP contribution in [0.15, 0.2) is 48.5 Å². The molecule has 1 aliphatic heterocycles. The molecule has 35 heavy (non-hydrogen) atoms. The lowest BCUT2D eigenvalue weighted by atomic mass is 9.98. The Morgan fingerprint density at radius 3 is 2.29 bits per heavy atom. The number of alkyl carbamates (subject to hydrolysis) is 1. The number of fused-ring (bicyclic) bond motifs is 3. The summed E-state index contributed by atoms with van der Waals surface area (Å²) < 4.78 is 5.54. The Morgan fingerprint density at radius 2 is 1.66 bits per heavy atom. The number of amides is 3. The molecular weight excluding hydrogens is 450 g/mol. The van der Waals surface area contributed by atoms with Crippen LogP contribution in [0.3, 0.4) is 0 Å². The van der Waals surface area contributed by atoms with Gasteiger partial charge in [-0.3, -0.25) is 14.4 Å². The molecule has 3 amide bonds. The van der Waals surface area contributed by atoms with E-state index in [1.54, 1.807) is 0 Å². The van der Waals surface area contributed by atoms with Crippen molar-refractivity contribution in [2.45, 2.75) is 12.3 Å². The fraction of sp³-hybridized carbons (Fsp3) is 0.385. The first kappa shape index (κ1) is 22.9. The number of carbonyl (C=O) groups excluding carboxylic acids is 3. The Balaban J connectivity index is 1.08. The van der Waals surface area contributed by atoms with E-state index in [0.717, 1.165) is 11.1 Å². The summed E-state index contributed by atoms with van der Waals surface area (Å²) in [5.41, 5.74) is 4.62. The van der Waals surface area contributed by atoms with E-state index in [1.165, 1.54) is 20.9 Å². The third kappa shape index (κ3) is 4.71. The Hall–Kier alpha value is -3.88. The van der Waals surface area contributed by atoms with Crippen LogP contribution in [-0.2, 0) is 19.1 Å². The topological polar surface area (TPSA) is 116 Å². The summed E-state index contributed by atoms with van der Waals surface area (Å²) in [7, 11) is 0. The summed E-state index contributed by atoms with van der Waals surface area (Å²) in [5.74, 6) is -1.79. The smallest absolute Gasteiger partial charge is 0.407 e. The number of aliphatic carboxylic acids is 1. The lowest BCUT2D eigenvalue weighted by molar-refractivity contribution is -0.150. The monoisotopic (exact) mass is 477 g/mol. The van der Waals surface area contributed by atoms with Crippen LogP contribution in [0.25, 0.3) is 11.1 Å². The largest absolute Gasteiger partial charge is 0.480 e. The average Bonchev–Trinajstić information content (AvgIpc) is 3.57. The van der Waals surface area contributed by atoms with Crippen molar-refractivity contribution < 1.29 is 29.0 Å². The molecule has 2 atom stereocenters. The molecule has 1 heterocycles. The summed E-state index contributed by atoms with van der Waals surface area (Å²) in [4.78, 5) is 50.8. The summed E-state index contributed by atoms with van der Waals surface area (Å²) in [6, 6.07) is 16.3. The molecule has 5 rings (SSSR count). The predicted octanol–water partition coefficient (Wildman–Crippen LogP) is 1.92. The van der Waals surface area contributed by atoms with Gasteiger partial charge in [0.15, 0.2) is 0 Å². The number of benzene rings is 2. The van der Waals surface area contributed by atoms with E-state index in [-0.39, 0.29) is 55.8 Å². The maximum Gasteiger partial charge on any atom is 0.407 e. The maximum atomic E-state index is 12.7. The minimum atomic E-state index is -1.07. The summed E-state index contributed by atoms with van der Waals surface area (Å²) >= 11 is 0. The molecule has 1 saturated carbocycles. The molecule has 182 valence electrons. The lowest BCUT2D eigenvalue weighted by Crippen LogP contribution is -2.53. The van der Waals surface area contributed by atoms with Crippen LogP contribution in [0, 0.1) is 11.8 Å². The molecule has 2 aromatic carbocycles. The first-order valence-corrected chi connectivity index (χ1v) is 11.8. The maximum absolute atomic E-state index is 12.7. The lowest BCUT2D eigenvalue weighted by Gasteiger charge is -2.33. The molecule has 0 bridgehead atoms. The molecule has 0 spiro atoms. The second-order valence-electron chi connectivity index (χ2n) is 9.28. The second-order valence-corrected chi connectivity index (χ2v) is 9.28. The van der Waals surface area contributed by atoms with Gasteiger partial charge in [0.2, 0.25) is 11.8 Å². The third-order valence-electron chi connectivity index (χ3n) is 7.05. The van der Waals surface area contributed by atoms with Gasteiger partial charge in [-0.2, -0.15) is 0 Å². The standard InChI is InChI=1S/C26H27N3O6/c30-23-13-29(10-9-28(23)14-24(31)32)25(33)21-11-16(21)12-27-26(34)35-15-22-19-7-3-1-5-17(19)18-6-2-4-8-20(18)22/h1-8,16,21-22H,9-15H2,(H,27,34)(H,31,32)/t16-,21-/m1/s1. The molecule has 1 saturated heterocycles. The fourth-order valence-corrected chi connectivity index (χ4v) is 5.10. The summed E-state index contributed by atoms with van der Waals surface area (Å²) in [5, 5.41) is 11.6. The molecule has 2 aromatic rings. The van der Waals surface area contributed by atoms with E-state index in [2.05, 4.69) is 29.6 Å². The number of hydrogen-bond donors (Lipinski definition) is 2. The highest BCUT2D eigenvalue weighted by atomic mass is 16.5. The molecule has 2 aliphatic carbocycles. The van der Waals surface area contributed by atoms with E-state index >= 15 is 0 Å². The number of carbonyl (C=O) groups is 4. The van der Waals surface area contributed by atoms with E-state index < -0.39 is 12.1 Å². The van der Waals surface area contributed by atoms with Gasteiger partial charge in [0.05, 0.1) is 6.54 Å². The molecule has 2 N–H and O–H groups in total. The van der Waals surface area contributed by atoms with Gasteiger partial charge in [-0.05, 0) is 34.6 Å². The van der Waals surface area contributed by atoms with Crippen LogP contribution >= 0.6 is 0 Å². The molecule has 3 aliphatic rings. The second kappa shape index (κ2) is 9.40. The number of nitrogens with one attached hydrogen (secondary N) is 1. The molecule has 0 unspecified atom stereocenters. The van der Waals surface area contributed by atoms with Crippen LogP contribution < -0.4 is 5.32 Å². The Bertz CT molecular complexity index is 1140. The molecule has 2 fully saturated rings. The van der Waals surface area contributed by atoms with Gasteiger partial charge >= 0.3 is 12.1 Å². The number of rotatable bonds is 7. The van der Waals surface area contributed by atoms with Crippen molar-refractivity contribution in [3.05, 3.63) is 59.7 Å². The molecule has 0 aromatic heterocycles. The van der Waals surface area contributed by atoms with Crippen LogP contribution in [0.2, 0.25) is 0 Å². The fourth-order valence-electron chi connectivity index (χ4n) is 5.10. The first-order valence-electron chi connectivity index (χ1n) is 11.8. The van der Waals surface area contributed by atoms with Crippen molar-refractivity contribution in [3.63, 3.8) is 0 Å². The number of piperazine rings is 1. The number of nitrogens with zero attached hydrogens (tertiary/aromatic N) is 2. The van der Waals surface area contributed by atoms with Gasteiger partial charge in [0.25, 0.3) is 0 Å². The van der Waals surface area contributed by atoms with Crippen molar-refractivity contribution in [2.75, 3.05) is 39.3 Å². The predicted molar refractivity (Wildman–Crippen MR) is 125 cm³/mol. The Labute approximate surface area is 202 Å². The zero-order chi connectivity index (χ0) is 24.5. The van der Waals surface area contributed by atoms with Crippen LogP contribution in [0.5, 0.6) is 0 Å². The van der Waals surface area contributed by atoms with Crippen LogP contribution in [-0.4, -0.2) is 78.1 Å². The first-order chi connectivity index (χ1) is 16.9. The minimum Gasteiger partial charge on any atom is -0.480 e. The number of carboxylic acid groups (broad SMARTS) is 1. The van der Waals surface area contributed by atoms with Gasteiger partial charge < -0.3 is 25.0 Å². The van der Waals surface area contributed by atoms with Crippen molar-refractivity contribution in [3.8, 4) is 11.1 Å². The van der Waals surface area contributed by atoms with E-state index in [0.29, 0.717) is 19.5 Å². The molecule has 0 radical (unpaired) electrons. The van der Waals surface area contributed by atoms with Gasteiger partial charge in [-0.25, -0.2) is 4.79 Å². The molecular formula is C26H27N3O6. The highest BCUT2D eigenvalue weighted by Gasteiger charge is 2.46. The zero-order valence-corrected chi connectivity index (χ0v) is 19.2. The number of carboxylic acids is 1. The van der Waals surface area contributed by atoms with Crippen LogP contribution in [0.4, 0.5) is 4.79 Å². The SMILES string of the molecule is O=C(O)CN1CCN(C(=O)[C@@H]2C[C@@H]2CNC(=O)OCC2c3ccccc3-c3ccccc32)CC1=O. The van der Waals surface area contributed by atoms with Crippen molar-refractivity contribution >= 4 is 23.9 Å². The quantitative estimate of drug-likeness (QED) is 0.630. The van der Waals surface area contributed by atoms with Gasteiger partial charge in [0.1, 0.15) is 13.2 Å². The average molecular weight is 478 g/mol. The Kier molecular flexibility index (Phi) is 6.15. The van der Waals surface area contributed by atoms with Crippen molar-refractivity contribution in [1.82, 2.24) is 15.1 Å². The van der Waals surface area contributed by atoms with Gasteiger partial charge in [-0.15, -0.1) is 0 Å². The zero-order valence-electron chi connectivity index (χ0n) is 19.2. The molecule has 9 nitrogen and oxygen atoms in total. The number of hydrogen-bond acceptors (Lipinski definition) is 5. The highest BCUT2D eigenvalue weighted by molar-refractivity contribution is 5.90. The van der Waals surface area contributed by atoms with E-state index in [1.807, 2.05) is 24.3 Å². The third-order valence-corrected chi connectivity index (χ3v) is 7.05. The van der Waals surface area contributed by atoms with Crippen molar-refractivity contribution in [2.24, 2.45) is 11.8 Å². The highest BCUT2D eigenvalue weighted by Crippen LogP contribution is 2.44. The van der Waals surface area contributed by atoms with Gasteiger partial charge in [-0.1, -0.05) is 48.5 Å². The Morgan fingerprint density at radius 1 is 1.00 bits per heavy atom. The van der Waals surface area contributed by atoms with Crippen LogP contribution in [0.1, 0.15) is 23.5 Å². The molecule has 9 heteroatoms. The van der Waals surface area contributed by atoms with Crippen molar-refractivity contribution in [1.29, 1.82) is 0 Å². The van der Waals surface area contributed by atoms with Gasteiger partial charge in [0, 0.05) is 31.5 Å². The van der Waals surface area contributed by atoms with E-state index in [4.69, 9.17) is 9.84 Å². The summed E-state index contributed by atoms with van der Waals surface area (Å²) in [6.45, 7) is 0.648. The van der Waals surface area contributed by atoms with E-state index in [9.17, 15) is 19.2 Å². The normalized spacial score (nSPS) is 20.7. The minimum absolute atomic E-state index is 0.00938. The summed E-state index contributed by atoms with van der Waals surface area (Å²) in [6.07, 6.45) is 0.133. The number of ether oxygens (including phenoxy) is 1.